The summed E-state index contributed by atoms with van der Waals surface area (Å²) in [5.74, 6) is 1.61. The van der Waals surface area contributed by atoms with Crippen molar-refractivity contribution in [3.05, 3.63) is 0 Å². The molecule has 1 aliphatic carbocycles. The van der Waals surface area contributed by atoms with E-state index in [4.69, 9.17) is 17.0 Å². The molecule has 1 fully saturated rings. The summed E-state index contributed by atoms with van der Waals surface area (Å²) >= 11 is 5.71. The van der Waals surface area contributed by atoms with Crippen molar-refractivity contribution in [2.24, 2.45) is 10.9 Å². The molecule has 1 aliphatic rings. The Morgan fingerprint density at radius 3 is 2.21 bits per heavy atom. The Morgan fingerprint density at radius 1 is 1.42 bits per heavy atom. The third-order valence-corrected chi connectivity index (χ3v) is 4.54. The molecule has 0 bridgehead atoms. The summed E-state index contributed by atoms with van der Waals surface area (Å²) in [5, 5.41) is 7.34. The van der Waals surface area contributed by atoms with E-state index in [9.17, 15) is 0 Å². The fourth-order valence-electron chi connectivity index (χ4n) is 3.49. The van der Waals surface area contributed by atoms with Crippen molar-refractivity contribution in [3.63, 3.8) is 0 Å². The predicted molar refractivity (Wildman–Crippen MR) is 84.3 cm³/mol. The Morgan fingerprint density at radius 2 is 2.00 bits per heavy atom. The molecule has 0 aliphatic heterocycles. The Hall–Kier alpha value is -0.570. The number of nitrogens with one attached hydrogen (secondary N) is 1. The Balaban J connectivity index is 3.26. The second-order valence-corrected chi connectivity index (χ2v) is 6.93. The molecule has 0 spiro atoms. The molecule has 1 rings (SSSR count). The average molecular weight is 286 g/mol. The van der Waals surface area contributed by atoms with E-state index in [-0.39, 0.29) is 16.4 Å². The lowest BCUT2D eigenvalue weighted by molar-refractivity contribution is -0.0396. The van der Waals surface area contributed by atoms with Crippen molar-refractivity contribution in [1.82, 2.24) is 4.90 Å². The highest BCUT2D eigenvalue weighted by molar-refractivity contribution is 6.64. The molecule has 110 valence electrons. The first-order valence-electron chi connectivity index (χ1n) is 7.31. The zero-order valence-corrected chi connectivity index (χ0v) is 13.9. The number of hydrogen-bond acceptors (Lipinski definition) is 1. The lowest BCUT2D eigenvalue weighted by Crippen LogP contribution is -2.66. The molecule has 0 aromatic rings. The van der Waals surface area contributed by atoms with Gasteiger partial charge < -0.3 is 4.90 Å². The smallest absolute Gasteiger partial charge is 0.216 e. The molecule has 0 aromatic carbocycles. The van der Waals surface area contributed by atoms with Crippen molar-refractivity contribution in [1.29, 1.82) is 5.41 Å². The maximum Gasteiger partial charge on any atom is 0.216 e. The normalized spacial score (nSPS) is 27.9. The van der Waals surface area contributed by atoms with Gasteiger partial charge in [-0.1, -0.05) is 20.8 Å². The molecule has 0 heterocycles. The molecular weight excluding hydrogens is 258 g/mol. The number of aliphatic imine (C=N–C) groups is 1. The van der Waals surface area contributed by atoms with E-state index >= 15 is 0 Å². The van der Waals surface area contributed by atoms with E-state index in [0.717, 1.165) is 18.7 Å². The highest BCUT2D eigenvalue weighted by Gasteiger charge is 2.51. The number of nitrogens with zero attached hydrogens (tertiary/aromatic N) is 2. The van der Waals surface area contributed by atoms with Gasteiger partial charge >= 0.3 is 0 Å². The van der Waals surface area contributed by atoms with Gasteiger partial charge in [0.2, 0.25) is 5.29 Å². The fourth-order valence-corrected chi connectivity index (χ4v) is 3.59. The first-order chi connectivity index (χ1) is 8.69. The number of halogens is 1. The van der Waals surface area contributed by atoms with Crippen LogP contribution in [0.2, 0.25) is 0 Å². The van der Waals surface area contributed by atoms with Crippen molar-refractivity contribution in [2.45, 2.75) is 78.3 Å². The summed E-state index contributed by atoms with van der Waals surface area (Å²) in [7, 11) is 0. The van der Waals surface area contributed by atoms with Crippen molar-refractivity contribution in [2.75, 3.05) is 0 Å². The lowest BCUT2D eigenvalue weighted by Gasteiger charge is -2.60. The third kappa shape index (κ3) is 3.13. The summed E-state index contributed by atoms with van der Waals surface area (Å²) in [6, 6.07) is 0. The maximum atomic E-state index is 7.46. The summed E-state index contributed by atoms with van der Waals surface area (Å²) in [6.45, 7) is 13.3. The van der Waals surface area contributed by atoms with Gasteiger partial charge in [-0.15, -0.1) is 0 Å². The monoisotopic (exact) mass is 285 g/mol. The molecule has 0 radical (unpaired) electrons. The van der Waals surface area contributed by atoms with Crippen LogP contribution >= 0.6 is 11.6 Å². The molecule has 0 aromatic heterocycles. The molecule has 1 saturated carbocycles. The molecule has 0 amide bonds. The van der Waals surface area contributed by atoms with Crippen LogP contribution in [0.3, 0.4) is 0 Å². The Kier molecular flexibility index (Phi) is 5.05. The van der Waals surface area contributed by atoms with E-state index < -0.39 is 0 Å². The first-order valence-corrected chi connectivity index (χ1v) is 7.68. The standard InChI is InChI=1S/C15H28ClN3/c1-7-12(18-13(16)17)19(14(4,5)6)15(8-2)10-9-11(15)3/h11,17H,7-10H2,1-6H3/b17-13?,18-12+/t11-,15?/m1/s1. The summed E-state index contributed by atoms with van der Waals surface area (Å²) in [5.41, 5.74) is 0.172. The van der Waals surface area contributed by atoms with Crippen LogP contribution in [0.4, 0.5) is 0 Å². The van der Waals surface area contributed by atoms with Crippen molar-refractivity contribution in [3.8, 4) is 0 Å². The van der Waals surface area contributed by atoms with Gasteiger partial charge in [-0.05, 0) is 57.6 Å². The van der Waals surface area contributed by atoms with Crippen LogP contribution in [-0.2, 0) is 0 Å². The molecule has 1 unspecified atom stereocenters. The number of amidine groups is 2. The molecule has 19 heavy (non-hydrogen) atoms. The van der Waals surface area contributed by atoms with Gasteiger partial charge in [0.1, 0.15) is 5.84 Å². The SMILES string of the molecule is CC/C(=N\C(=N)Cl)N(C(C)(C)C)C1(CC)CC[C@H]1C. The van der Waals surface area contributed by atoms with E-state index in [1.807, 2.05) is 0 Å². The molecular formula is C15H28ClN3. The quantitative estimate of drug-likeness (QED) is 0.458. The van der Waals surface area contributed by atoms with Crippen LogP contribution in [0.5, 0.6) is 0 Å². The van der Waals surface area contributed by atoms with Crippen molar-refractivity contribution < 1.29 is 0 Å². The van der Waals surface area contributed by atoms with E-state index in [1.54, 1.807) is 0 Å². The Labute approximate surface area is 122 Å². The molecule has 0 saturated heterocycles. The van der Waals surface area contributed by atoms with Crippen LogP contribution in [0, 0.1) is 11.3 Å². The van der Waals surface area contributed by atoms with Gasteiger partial charge in [-0.2, -0.15) is 0 Å². The second kappa shape index (κ2) is 5.82. The van der Waals surface area contributed by atoms with Gasteiger partial charge in [0, 0.05) is 17.5 Å². The number of rotatable bonds is 3. The fraction of sp³-hybridized carbons (Fsp3) is 0.867. The van der Waals surface area contributed by atoms with Gasteiger partial charge in [-0.3, -0.25) is 5.41 Å². The van der Waals surface area contributed by atoms with Gasteiger partial charge in [-0.25, -0.2) is 4.99 Å². The minimum absolute atomic E-state index is 0.00806. The van der Waals surface area contributed by atoms with Crippen LogP contribution in [0.15, 0.2) is 4.99 Å². The van der Waals surface area contributed by atoms with E-state index in [1.165, 1.54) is 12.8 Å². The highest BCUT2D eigenvalue weighted by atomic mass is 35.5. The van der Waals surface area contributed by atoms with Crippen LogP contribution in [-0.4, -0.2) is 27.1 Å². The first kappa shape index (κ1) is 16.5. The third-order valence-electron chi connectivity index (χ3n) is 4.46. The minimum Gasteiger partial charge on any atom is -0.349 e. The predicted octanol–water partition coefficient (Wildman–Crippen LogP) is 4.65. The second-order valence-electron chi connectivity index (χ2n) is 6.58. The van der Waals surface area contributed by atoms with Crippen LogP contribution < -0.4 is 0 Å². The van der Waals surface area contributed by atoms with Crippen LogP contribution in [0.25, 0.3) is 0 Å². The molecule has 3 nitrogen and oxygen atoms in total. The Bertz CT molecular complexity index is 366. The van der Waals surface area contributed by atoms with Gasteiger partial charge in [0.05, 0.1) is 0 Å². The van der Waals surface area contributed by atoms with Gasteiger partial charge in [0.25, 0.3) is 0 Å². The minimum atomic E-state index is -0.121. The molecule has 1 N–H and O–H groups in total. The largest absolute Gasteiger partial charge is 0.349 e. The lowest BCUT2D eigenvalue weighted by atomic mass is 9.63. The zero-order chi connectivity index (χ0) is 14.8. The molecule has 2 atom stereocenters. The summed E-state index contributed by atoms with van der Waals surface area (Å²) in [4.78, 5) is 6.72. The van der Waals surface area contributed by atoms with E-state index in [0.29, 0.717) is 5.92 Å². The number of hydrogen-bond donors (Lipinski definition) is 1. The van der Waals surface area contributed by atoms with E-state index in [2.05, 4.69) is 51.4 Å². The topological polar surface area (TPSA) is 39.5 Å². The van der Waals surface area contributed by atoms with Crippen molar-refractivity contribution >= 4 is 22.7 Å². The summed E-state index contributed by atoms with van der Waals surface area (Å²) < 4.78 is 0. The molecule has 4 heteroatoms. The maximum absolute atomic E-state index is 7.46. The zero-order valence-electron chi connectivity index (χ0n) is 13.2. The van der Waals surface area contributed by atoms with Gasteiger partial charge in [0.15, 0.2) is 0 Å². The average Bonchev–Trinajstić information content (AvgIpc) is 2.29. The highest BCUT2D eigenvalue weighted by Crippen LogP contribution is 2.48. The van der Waals surface area contributed by atoms with Crippen LogP contribution in [0.1, 0.15) is 67.2 Å². The summed E-state index contributed by atoms with van der Waals surface area (Å²) in [6.07, 6.45) is 4.40.